The minimum absolute atomic E-state index is 0.0173. The van der Waals surface area contributed by atoms with E-state index in [1.54, 1.807) is 7.05 Å². The molecule has 4 saturated carbocycles. The number of hydrogen-bond acceptors (Lipinski definition) is 3. The highest BCUT2D eigenvalue weighted by Crippen LogP contribution is 2.71. The molecular weight excluding hydrogens is 268 g/mol. The Morgan fingerprint density at radius 1 is 1.05 bits per heavy atom. The van der Waals surface area contributed by atoms with Gasteiger partial charge in [-0.15, -0.1) is 0 Å². The van der Waals surface area contributed by atoms with Gasteiger partial charge in [-0.25, -0.2) is 0 Å². The Morgan fingerprint density at radius 2 is 1.57 bits per heavy atom. The number of amides is 2. The van der Waals surface area contributed by atoms with Crippen LogP contribution in [0.4, 0.5) is 0 Å². The third-order valence-electron chi connectivity index (χ3n) is 5.76. The van der Waals surface area contributed by atoms with Crippen LogP contribution in [-0.2, 0) is 9.59 Å². The number of likely N-dealkylation sites (N-methyl/N-ethyl adjacent to an activating group) is 1. The van der Waals surface area contributed by atoms with Crippen LogP contribution in [0.2, 0.25) is 0 Å². The SMILES string of the molecule is CN(CC(N)=O)C(=O)C12CC3(C)CC(C)(CC(O)(C3)C1)C2. The van der Waals surface area contributed by atoms with Crippen molar-refractivity contribution < 1.29 is 14.7 Å². The molecule has 4 aliphatic rings. The summed E-state index contributed by atoms with van der Waals surface area (Å²) >= 11 is 0. The minimum Gasteiger partial charge on any atom is -0.390 e. The summed E-state index contributed by atoms with van der Waals surface area (Å²) in [4.78, 5) is 25.5. The molecule has 21 heavy (non-hydrogen) atoms. The maximum atomic E-state index is 13.0. The predicted octanol–water partition coefficient (Wildman–Crippen LogP) is 1.04. The first-order chi connectivity index (χ1) is 9.49. The van der Waals surface area contributed by atoms with E-state index in [4.69, 9.17) is 5.73 Å². The van der Waals surface area contributed by atoms with Crippen molar-refractivity contribution in [1.29, 1.82) is 0 Å². The van der Waals surface area contributed by atoms with Gasteiger partial charge in [-0.2, -0.15) is 0 Å². The van der Waals surface area contributed by atoms with Gasteiger partial charge in [0.15, 0.2) is 0 Å². The summed E-state index contributed by atoms with van der Waals surface area (Å²) in [5, 5.41) is 10.9. The molecule has 0 radical (unpaired) electrons. The molecule has 118 valence electrons. The fraction of sp³-hybridized carbons (Fsp3) is 0.875. The van der Waals surface area contributed by atoms with Crippen molar-refractivity contribution in [3.8, 4) is 0 Å². The number of hydrogen-bond donors (Lipinski definition) is 2. The zero-order valence-electron chi connectivity index (χ0n) is 13.2. The van der Waals surface area contributed by atoms with Gasteiger partial charge < -0.3 is 15.7 Å². The van der Waals surface area contributed by atoms with E-state index in [-0.39, 0.29) is 23.3 Å². The number of nitrogens with zero attached hydrogens (tertiary/aromatic N) is 1. The Bertz CT molecular complexity index is 462. The van der Waals surface area contributed by atoms with Crippen molar-refractivity contribution >= 4 is 11.8 Å². The monoisotopic (exact) mass is 294 g/mol. The van der Waals surface area contributed by atoms with E-state index in [1.807, 2.05) is 0 Å². The topological polar surface area (TPSA) is 83.6 Å². The van der Waals surface area contributed by atoms with Crippen LogP contribution >= 0.6 is 0 Å². The van der Waals surface area contributed by atoms with Crippen molar-refractivity contribution in [1.82, 2.24) is 4.90 Å². The zero-order chi connectivity index (χ0) is 15.7. The molecular formula is C16H26N2O3. The second-order valence-corrected chi connectivity index (χ2v) is 8.81. The number of carbonyl (C=O) groups excluding carboxylic acids is 2. The summed E-state index contributed by atoms with van der Waals surface area (Å²) in [7, 11) is 1.64. The van der Waals surface area contributed by atoms with Gasteiger partial charge in [0, 0.05) is 7.05 Å². The average Bonchev–Trinajstić information content (AvgIpc) is 2.19. The largest absolute Gasteiger partial charge is 0.390 e. The van der Waals surface area contributed by atoms with Gasteiger partial charge in [0.2, 0.25) is 11.8 Å². The Kier molecular flexibility index (Phi) is 2.82. The molecule has 0 aromatic heterocycles. The van der Waals surface area contributed by atoms with E-state index >= 15 is 0 Å². The van der Waals surface area contributed by atoms with Crippen molar-refractivity contribution in [2.75, 3.05) is 13.6 Å². The Morgan fingerprint density at radius 3 is 2.00 bits per heavy atom. The Balaban J connectivity index is 1.94. The van der Waals surface area contributed by atoms with Crippen molar-refractivity contribution in [3.05, 3.63) is 0 Å². The number of carbonyl (C=O) groups is 2. The minimum atomic E-state index is -0.721. The first kappa shape index (κ1) is 14.8. The Hall–Kier alpha value is -1.10. The summed E-state index contributed by atoms with van der Waals surface area (Å²) in [6, 6.07) is 0. The van der Waals surface area contributed by atoms with Crippen LogP contribution in [0.3, 0.4) is 0 Å². The van der Waals surface area contributed by atoms with Gasteiger partial charge in [0.25, 0.3) is 0 Å². The summed E-state index contributed by atoms with van der Waals surface area (Å²) < 4.78 is 0. The van der Waals surface area contributed by atoms with Gasteiger partial charge in [-0.05, 0) is 49.4 Å². The molecule has 5 nitrogen and oxygen atoms in total. The summed E-state index contributed by atoms with van der Waals surface area (Å²) in [6.45, 7) is 4.35. The fourth-order valence-electron chi connectivity index (χ4n) is 6.57. The predicted molar refractivity (Wildman–Crippen MR) is 78.1 cm³/mol. The van der Waals surface area contributed by atoms with Crippen LogP contribution in [0, 0.1) is 16.2 Å². The molecule has 4 bridgehead atoms. The molecule has 4 fully saturated rings. The number of aliphatic hydroxyl groups is 1. The zero-order valence-corrected chi connectivity index (χ0v) is 13.2. The van der Waals surface area contributed by atoms with Gasteiger partial charge in [0.1, 0.15) is 0 Å². The lowest BCUT2D eigenvalue weighted by Gasteiger charge is -2.67. The van der Waals surface area contributed by atoms with Gasteiger partial charge in [0.05, 0.1) is 17.6 Å². The summed E-state index contributed by atoms with van der Waals surface area (Å²) in [5.41, 5.74) is 4.04. The van der Waals surface area contributed by atoms with Crippen LogP contribution < -0.4 is 5.73 Å². The van der Waals surface area contributed by atoms with Crippen LogP contribution in [-0.4, -0.2) is 41.0 Å². The lowest BCUT2D eigenvalue weighted by Crippen LogP contribution is -2.66. The van der Waals surface area contributed by atoms with E-state index < -0.39 is 16.9 Å². The average molecular weight is 294 g/mol. The van der Waals surface area contributed by atoms with E-state index in [9.17, 15) is 14.7 Å². The first-order valence-electron chi connectivity index (χ1n) is 7.75. The smallest absolute Gasteiger partial charge is 0.237 e. The number of nitrogens with two attached hydrogens (primary N) is 1. The third-order valence-corrected chi connectivity index (χ3v) is 5.76. The molecule has 0 heterocycles. The first-order valence-corrected chi connectivity index (χ1v) is 7.75. The second kappa shape index (κ2) is 4.00. The standard InChI is InChI=1S/C16H26N2O3/c1-13-5-14(2)7-15(6-13,10-16(21,8-13)9-14)12(20)18(3)4-11(17)19/h21H,4-10H2,1-3H3,(H2,17,19). The highest BCUT2D eigenvalue weighted by Gasteiger charge is 2.67. The van der Waals surface area contributed by atoms with Crippen molar-refractivity contribution in [3.63, 3.8) is 0 Å². The normalized spacial score (nSPS) is 47.4. The van der Waals surface area contributed by atoms with Crippen LogP contribution in [0.25, 0.3) is 0 Å². The molecule has 2 unspecified atom stereocenters. The number of primary amides is 1. The second-order valence-electron chi connectivity index (χ2n) is 8.81. The molecule has 0 aromatic rings. The third kappa shape index (κ3) is 2.26. The molecule has 4 rings (SSSR count). The molecule has 2 atom stereocenters. The quantitative estimate of drug-likeness (QED) is 0.816. The molecule has 0 aliphatic heterocycles. The van der Waals surface area contributed by atoms with E-state index in [2.05, 4.69) is 13.8 Å². The van der Waals surface area contributed by atoms with Crippen molar-refractivity contribution in [2.24, 2.45) is 22.0 Å². The van der Waals surface area contributed by atoms with E-state index in [0.29, 0.717) is 6.42 Å². The number of rotatable bonds is 3. The van der Waals surface area contributed by atoms with Gasteiger partial charge >= 0.3 is 0 Å². The fourth-order valence-corrected chi connectivity index (χ4v) is 6.57. The lowest BCUT2D eigenvalue weighted by atomic mass is 9.39. The summed E-state index contributed by atoms with van der Waals surface area (Å²) in [5.74, 6) is -0.511. The molecule has 4 aliphatic carbocycles. The van der Waals surface area contributed by atoms with Gasteiger partial charge in [-0.1, -0.05) is 13.8 Å². The Labute approximate surface area is 125 Å². The molecule has 0 saturated heterocycles. The molecule has 0 aromatic carbocycles. The van der Waals surface area contributed by atoms with Crippen LogP contribution in [0.5, 0.6) is 0 Å². The molecule has 5 heteroatoms. The molecule has 2 amide bonds. The van der Waals surface area contributed by atoms with Crippen LogP contribution in [0.15, 0.2) is 0 Å². The maximum absolute atomic E-state index is 13.0. The summed E-state index contributed by atoms with van der Waals surface area (Å²) in [6.07, 6.45) is 4.85. The molecule has 3 N–H and O–H groups in total. The van der Waals surface area contributed by atoms with Gasteiger partial charge in [-0.3, -0.25) is 9.59 Å². The molecule has 0 spiro atoms. The highest BCUT2D eigenvalue weighted by molar-refractivity contribution is 5.87. The highest BCUT2D eigenvalue weighted by atomic mass is 16.3. The maximum Gasteiger partial charge on any atom is 0.237 e. The van der Waals surface area contributed by atoms with Crippen molar-refractivity contribution in [2.45, 2.75) is 58.0 Å². The van der Waals surface area contributed by atoms with Crippen LogP contribution in [0.1, 0.15) is 52.4 Å². The lowest BCUT2D eigenvalue weighted by molar-refractivity contribution is -0.227. The van der Waals surface area contributed by atoms with E-state index in [1.165, 1.54) is 4.90 Å². The van der Waals surface area contributed by atoms with E-state index in [0.717, 1.165) is 32.1 Å².